The van der Waals surface area contributed by atoms with Gasteiger partial charge in [-0.1, -0.05) is 24.5 Å². The SMILES string of the molecule is O=C(NCCCO)c1cn(C2CCCN(C3CCCCC3)C2)nn1. The van der Waals surface area contributed by atoms with Gasteiger partial charge in [-0.2, -0.15) is 0 Å². The van der Waals surface area contributed by atoms with Crippen LogP contribution in [0.3, 0.4) is 0 Å². The highest BCUT2D eigenvalue weighted by molar-refractivity contribution is 5.91. The van der Waals surface area contributed by atoms with Crippen LogP contribution in [-0.2, 0) is 0 Å². The Morgan fingerprint density at radius 3 is 2.79 bits per heavy atom. The van der Waals surface area contributed by atoms with Gasteiger partial charge in [0, 0.05) is 25.7 Å². The number of hydrogen-bond acceptors (Lipinski definition) is 5. The predicted molar refractivity (Wildman–Crippen MR) is 90.8 cm³/mol. The van der Waals surface area contributed by atoms with Crippen LogP contribution < -0.4 is 5.32 Å². The Labute approximate surface area is 143 Å². The molecule has 1 aliphatic carbocycles. The minimum atomic E-state index is -0.213. The van der Waals surface area contributed by atoms with Crippen molar-refractivity contribution in [3.63, 3.8) is 0 Å². The van der Waals surface area contributed by atoms with Crippen LogP contribution in [0.1, 0.15) is 67.9 Å². The number of aromatic nitrogens is 3. The lowest BCUT2D eigenvalue weighted by atomic mass is 9.92. The van der Waals surface area contributed by atoms with Crippen LogP contribution in [0, 0.1) is 0 Å². The molecule has 3 rings (SSSR count). The summed E-state index contributed by atoms with van der Waals surface area (Å²) in [7, 11) is 0. The molecule has 7 heteroatoms. The van der Waals surface area contributed by atoms with Crippen molar-refractivity contribution in [2.45, 2.75) is 63.5 Å². The van der Waals surface area contributed by atoms with Crippen LogP contribution in [0.25, 0.3) is 0 Å². The second-order valence-electron chi connectivity index (χ2n) is 7.00. The minimum absolute atomic E-state index is 0.0754. The first kappa shape index (κ1) is 17.4. The van der Waals surface area contributed by atoms with Crippen LogP contribution in [0.2, 0.25) is 0 Å². The fourth-order valence-corrected chi connectivity index (χ4v) is 3.91. The summed E-state index contributed by atoms with van der Waals surface area (Å²) < 4.78 is 1.87. The molecule has 2 N–H and O–H groups in total. The molecule has 1 atom stereocenters. The maximum atomic E-state index is 12.0. The molecule has 2 heterocycles. The van der Waals surface area contributed by atoms with Crippen LogP contribution >= 0.6 is 0 Å². The number of nitrogens with one attached hydrogen (secondary N) is 1. The molecular weight excluding hydrogens is 306 g/mol. The molecule has 7 nitrogen and oxygen atoms in total. The minimum Gasteiger partial charge on any atom is -0.396 e. The van der Waals surface area contributed by atoms with E-state index in [9.17, 15) is 4.79 Å². The number of piperidine rings is 1. The molecule has 24 heavy (non-hydrogen) atoms. The number of amides is 1. The summed E-state index contributed by atoms with van der Waals surface area (Å²) in [6.07, 6.45) is 11.3. The van der Waals surface area contributed by atoms with Crippen molar-refractivity contribution in [3.05, 3.63) is 11.9 Å². The third-order valence-electron chi connectivity index (χ3n) is 5.26. The van der Waals surface area contributed by atoms with Crippen molar-refractivity contribution in [3.8, 4) is 0 Å². The zero-order valence-corrected chi connectivity index (χ0v) is 14.4. The second kappa shape index (κ2) is 8.58. The lowest BCUT2D eigenvalue weighted by Crippen LogP contribution is -2.44. The molecular formula is C17H29N5O2. The van der Waals surface area contributed by atoms with Crippen molar-refractivity contribution in [1.29, 1.82) is 0 Å². The second-order valence-corrected chi connectivity index (χ2v) is 7.00. The maximum absolute atomic E-state index is 12.0. The Morgan fingerprint density at radius 2 is 2.00 bits per heavy atom. The van der Waals surface area contributed by atoms with Crippen LogP contribution in [-0.4, -0.2) is 63.2 Å². The highest BCUT2D eigenvalue weighted by atomic mass is 16.3. The van der Waals surface area contributed by atoms with E-state index in [-0.39, 0.29) is 12.5 Å². The third kappa shape index (κ3) is 4.33. The number of carbonyl (C=O) groups excluding carboxylic acids is 1. The Morgan fingerprint density at radius 1 is 1.21 bits per heavy atom. The quantitative estimate of drug-likeness (QED) is 0.767. The van der Waals surface area contributed by atoms with Crippen molar-refractivity contribution in [1.82, 2.24) is 25.2 Å². The highest BCUT2D eigenvalue weighted by Gasteiger charge is 2.28. The number of aliphatic hydroxyl groups is 1. The van der Waals surface area contributed by atoms with Gasteiger partial charge in [0.15, 0.2) is 5.69 Å². The van der Waals surface area contributed by atoms with E-state index in [1.807, 2.05) is 4.68 Å². The first-order chi connectivity index (χ1) is 11.8. The summed E-state index contributed by atoms with van der Waals surface area (Å²) in [6.45, 7) is 2.73. The zero-order valence-electron chi connectivity index (χ0n) is 14.4. The topological polar surface area (TPSA) is 83.3 Å². The molecule has 1 amide bonds. The van der Waals surface area contributed by atoms with Gasteiger partial charge in [0.25, 0.3) is 5.91 Å². The molecule has 0 bridgehead atoms. The number of rotatable bonds is 6. The van der Waals surface area contributed by atoms with E-state index in [0.29, 0.717) is 24.7 Å². The molecule has 1 aromatic heterocycles. The molecule has 1 saturated heterocycles. The Hall–Kier alpha value is -1.47. The van der Waals surface area contributed by atoms with E-state index >= 15 is 0 Å². The van der Waals surface area contributed by atoms with Gasteiger partial charge in [-0.3, -0.25) is 9.69 Å². The molecule has 134 valence electrons. The van der Waals surface area contributed by atoms with Gasteiger partial charge in [-0.05, 0) is 38.6 Å². The van der Waals surface area contributed by atoms with E-state index < -0.39 is 0 Å². The zero-order chi connectivity index (χ0) is 16.8. The molecule has 0 spiro atoms. The van der Waals surface area contributed by atoms with Crippen LogP contribution in [0.5, 0.6) is 0 Å². The summed E-state index contributed by atoms with van der Waals surface area (Å²) in [5.41, 5.74) is 0.364. The summed E-state index contributed by atoms with van der Waals surface area (Å²) in [5.74, 6) is -0.213. The number of carbonyl (C=O) groups is 1. The van der Waals surface area contributed by atoms with Gasteiger partial charge < -0.3 is 10.4 Å². The molecule has 2 fully saturated rings. The van der Waals surface area contributed by atoms with Gasteiger partial charge in [0.2, 0.25) is 0 Å². The van der Waals surface area contributed by atoms with Crippen molar-refractivity contribution < 1.29 is 9.90 Å². The Bertz CT molecular complexity index is 527. The highest BCUT2D eigenvalue weighted by Crippen LogP contribution is 2.28. The molecule has 1 unspecified atom stereocenters. The average Bonchev–Trinajstić information content (AvgIpc) is 3.13. The van der Waals surface area contributed by atoms with E-state index in [0.717, 1.165) is 19.0 Å². The first-order valence-electron chi connectivity index (χ1n) is 9.33. The van der Waals surface area contributed by atoms with Gasteiger partial charge in [0.1, 0.15) is 0 Å². The smallest absolute Gasteiger partial charge is 0.273 e. The van der Waals surface area contributed by atoms with Gasteiger partial charge in [-0.25, -0.2) is 4.68 Å². The first-order valence-corrected chi connectivity index (χ1v) is 9.33. The monoisotopic (exact) mass is 335 g/mol. The van der Waals surface area contributed by atoms with Gasteiger partial charge in [-0.15, -0.1) is 5.10 Å². The van der Waals surface area contributed by atoms with E-state index in [1.54, 1.807) is 6.20 Å². The predicted octanol–water partition coefficient (Wildman–Crippen LogP) is 1.36. The van der Waals surface area contributed by atoms with Crippen molar-refractivity contribution >= 4 is 5.91 Å². The average molecular weight is 335 g/mol. The van der Waals surface area contributed by atoms with Crippen LogP contribution in [0.4, 0.5) is 0 Å². The lowest BCUT2D eigenvalue weighted by molar-refractivity contribution is 0.0944. The van der Waals surface area contributed by atoms with E-state index in [1.165, 1.54) is 45.1 Å². The number of aliphatic hydroxyl groups excluding tert-OH is 1. The maximum Gasteiger partial charge on any atom is 0.273 e. The molecule has 1 aliphatic heterocycles. The normalized spacial score (nSPS) is 23.3. The summed E-state index contributed by atoms with van der Waals surface area (Å²) in [5, 5.41) is 19.7. The molecule has 2 aliphatic rings. The number of likely N-dealkylation sites (tertiary alicyclic amines) is 1. The third-order valence-corrected chi connectivity index (χ3v) is 5.26. The Balaban J connectivity index is 1.56. The summed E-state index contributed by atoms with van der Waals surface area (Å²) in [4.78, 5) is 14.6. The molecule has 1 saturated carbocycles. The number of nitrogens with zero attached hydrogens (tertiary/aromatic N) is 4. The lowest BCUT2D eigenvalue weighted by Gasteiger charge is -2.39. The van der Waals surface area contributed by atoms with Crippen molar-refractivity contribution in [2.24, 2.45) is 0 Å². The molecule has 1 aromatic rings. The van der Waals surface area contributed by atoms with E-state index in [2.05, 4.69) is 20.5 Å². The van der Waals surface area contributed by atoms with E-state index in [4.69, 9.17) is 5.11 Å². The fraction of sp³-hybridized carbons (Fsp3) is 0.824. The molecule has 0 aromatic carbocycles. The van der Waals surface area contributed by atoms with Crippen LogP contribution in [0.15, 0.2) is 6.20 Å². The number of hydrogen-bond donors (Lipinski definition) is 2. The van der Waals surface area contributed by atoms with Gasteiger partial charge >= 0.3 is 0 Å². The fourth-order valence-electron chi connectivity index (χ4n) is 3.91. The van der Waals surface area contributed by atoms with Crippen molar-refractivity contribution in [2.75, 3.05) is 26.2 Å². The Kier molecular flexibility index (Phi) is 6.20. The molecule has 0 radical (unpaired) electrons. The summed E-state index contributed by atoms with van der Waals surface area (Å²) in [6, 6.07) is 1.04. The summed E-state index contributed by atoms with van der Waals surface area (Å²) >= 11 is 0. The standard InChI is InChI=1S/C17H29N5O2/c23-11-5-9-18-17(24)16-13-22(20-19-16)15-8-4-10-21(12-15)14-6-2-1-3-7-14/h13-15,23H,1-12H2,(H,18,24). The largest absolute Gasteiger partial charge is 0.396 e. The van der Waals surface area contributed by atoms with Gasteiger partial charge in [0.05, 0.1) is 12.2 Å².